The predicted molar refractivity (Wildman–Crippen MR) is 161 cm³/mol. The first-order valence-electron chi connectivity index (χ1n) is 13.0. The molecular formula is C31H31ClN6O3. The second kappa shape index (κ2) is 14.0. The van der Waals surface area contributed by atoms with Crippen molar-refractivity contribution in [2.45, 2.75) is 20.4 Å². The van der Waals surface area contributed by atoms with E-state index in [-0.39, 0.29) is 11.8 Å². The van der Waals surface area contributed by atoms with Crippen LogP contribution < -0.4 is 15.4 Å². The third-order valence-electron chi connectivity index (χ3n) is 6.11. The number of nitrogens with one attached hydrogen (secondary N) is 2. The number of rotatable bonds is 7. The van der Waals surface area contributed by atoms with Gasteiger partial charge in [0.25, 0.3) is 0 Å². The molecule has 5 rings (SSSR count). The van der Waals surface area contributed by atoms with Gasteiger partial charge in [-0.05, 0) is 48.9 Å². The Morgan fingerprint density at radius 2 is 1.73 bits per heavy atom. The van der Waals surface area contributed by atoms with E-state index in [9.17, 15) is 9.59 Å². The Morgan fingerprint density at radius 1 is 1.00 bits per heavy atom. The molecule has 9 nitrogen and oxygen atoms in total. The zero-order chi connectivity index (χ0) is 29.2. The summed E-state index contributed by atoms with van der Waals surface area (Å²) >= 11 is 6.02. The van der Waals surface area contributed by atoms with Crippen molar-refractivity contribution in [1.82, 2.24) is 25.4 Å². The first kappa shape index (κ1) is 29.2. The number of amides is 2. The summed E-state index contributed by atoms with van der Waals surface area (Å²) in [7, 11) is 1.66. The topological polar surface area (TPSA) is 110 Å². The fourth-order valence-corrected chi connectivity index (χ4v) is 4.28. The lowest BCUT2D eigenvalue weighted by atomic mass is 10.00. The van der Waals surface area contributed by atoms with Crippen LogP contribution in [0.2, 0.25) is 5.02 Å². The summed E-state index contributed by atoms with van der Waals surface area (Å²) in [6.45, 7) is 4.72. The number of fused-ring (bicyclic) bond motifs is 3. The van der Waals surface area contributed by atoms with Gasteiger partial charge < -0.3 is 15.4 Å². The van der Waals surface area contributed by atoms with Crippen molar-refractivity contribution in [3.05, 3.63) is 112 Å². The number of aromatic nitrogens is 3. The average molecular weight is 571 g/mol. The molecule has 210 valence electrons. The first-order chi connectivity index (χ1) is 19.9. The van der Waals surface area contributed by atoms with Gasteiger partial charge >= 0.3 is 0 Å². The lowest BCUT2D eigenvalue weighted by molar-refractivity contribution is -0.119. The first-order valence-corrected chi connectivity index (χ1v) is 13.4. The fraction of sp³-hybridized carbons (Fsp3) is 0.194. The Balaban J connectivity index is 0.000000202. The van der Waals surface area contributed by atoms with Crippen LogP contribution in [0.3, 0.4) is 0 Å². The minimum atomic E-state index is -0.167. The van der Waals surface area contributed by atoms with Gasteiger partial charge in [0.15, 0.2) is 5.82 Å². The molecule has 0 radical (unpaired) electrons. The maximum absolute atomic E-state index is 11.4. The van der Waals surface area contributed by atoms with Crippen LogP contribution in [0.15, 0.2) is 83.9 Å². The van der Waals surface area contributed by atoms with Crippen molar-refractivity contribution in [3.63, 3.8) is 0 Å². The molecule has 0 spiro atoms. The quantitative estimate of drug-likeness (QED) is 0.250. The Kier molecular flexibility index (Phi) is 10.0. The molecule has 0 aliphatic carbocycles. The summed E-state index contributed by atoms with van der Waals surface area (Å²) < 4.78 is 7.45. The van der Waals surface area contributed by atoms with E-state index < -0.39 is 0 Å². The number of nitrogens with zero attached hydrogens (tertiary/aromatic N) is 4. The molecular weight excluding hydrogens is 540 g/mol. The summed E-state index contributed by atoms with van der Waals surface area (Å²) in [5.41, 5.74) is 4.86. The molecule has 4 aromatic rings. The van der Waals surface area contributed by atoms with E-state index in [1.807, 2.05) is 84.3 Å². The largest absolute Gasteiger partial charge is 0.497 e. The molecule has 2 N–H and O–H groups in total. The maximum atomic E-state index is 11.4. The molecule has 1 aliphatic heterocycles. The van der Waals surface area contributed by atoms with Gasteiger partial charge in [-0.2, -0.15) is 0 Å². The van der Waals surface area contributed by atoms with E-state index in [4.69, 9.17) is 21.3 Å². The zero-order valence-corrected chi connectivity index (χ0v) is 23.9. The van der Waals surface area contributed by atoms with Crippen molar-refractivity contribution in [2.75, 3.05) is 20.2 Å². The van der Waals surface area contributed by atoms with Crippen LogP contribution >= 0.6 is 11.6 Å². The summed E-state index contributed by atoms with van der Waals surface area (Å²) in [5.74, 6) is 2.18. The SMILES string of the molecule is CC(=O)NCCNC(=O)/C=C/c1ccccc1.COc1ccc2c(c1)C(c1ccc(Cl)cc1)=NCc1nnc(C)n1-2. The third kappa shape index (κ3) is 7.89. The molecule has 0 bridgehead atoms. The van der Waals surface area contributed by atoms with Gasteiger partial charge in [-0.3, -0.25) is 19.1 Å². The molecule has 3 aromatic carbocycles. The van der Waals surface area contributed by atoms with Crippen LogP contribution in [-0.2, 0) is 16.1 Å². The zero-order valence-electron chi connectivity index (χ0n) is 23.1. The van der Waals surface area contributed by atoms with Crippen molar-refractivity contribution in [1.29, 1.82) is 0 Å². The van der Waals surface area contributed by atoms with E-state index in [0.717, 1.165) is 45.5 Å². The van der Waals surface area contributed by atoms with Gasteiger partial charge in [0.1, 0.15) is 18.1 Å². The number of methoxy groups -OCH3 is 1. The van der Waals surface area contributed by atoms with E-state index in [0.29, 0.717) is 24.7 Å². The average Bonchev–Trinajstić information content (AvgIpc) is 3.26. The third-order valence-corrected chi connectivity index (χ3v) is 6.36. The van der Waals surface area contributed by atoms with Gasteiger partial charge in [0.2, 0.25) is 11.8 Å². The Bertz CT molecular complexity index is 1560. The number of aliphatic imine (C=N–C) groups is 1. The summed E-state index contributed by atoms with van der Waals surface area (Å²) in [6, 6.07) is 23.2. The highest BCUT2D eigenvalue weighted by molar-refractivity contribution is 6.30. The van der Waals surface area contributed by atoms with Gasteiger partial charge in [-0.15, -0.1) is 10.2 Å². The lowest BCUT2D eigenvalue weighted by Gasteiger charge is -2.14. The number of halogens is 1. The van der Waals surface area contributed by atoms with Crippen molar-refractivity contribution < 1.29 is 14.3 Å². The molecule has 2 amide bonds. The van der Waals surface area contributed by atoms with Crippen LogP contribution in [0.5, 0.6) is 5.75 Å². The number of ether oxygens (including phenoxy) is 1. The van der Waals surface area contributed by atoms with E-state index in [1.165, 1.54) is 13.0 Å². The maximum Gasteiger partial charge on any atom is 0.244 e. The van der Waals surface area contributed by atoms with E-state index in [2.05, 4.69) is 20.8 Å². The molecule has 1 aliphatic rings. The highest BCUT2D eigenvalue weighted by atomic mass is 35.5. The Morgan fingerprint density at radius 3 is 2.44 bits per heavy atom. The second-order valence-electron chi connectivity index (χ2n) is 9.07. The standard InChI is InChI=1S/C18H15ClN4O.C13H16N2O2/c1-11-21-22-17-10-20-18(12-3-5-13(19)6-4-12)15-9-14(24-2)7-8-16(15)23(11)17;1-11(16)14-9-10-15-13(17)8-7-12-5-3-2-4-6-12/h3-9H,10H2,1-2H3;2-8H,9-10H2,1H3,(H,14,16)(H,15,17)/b;8-7+. The number of hydrogen-bond acceptors (Lipinski definition) is 6. The lowest BCUT2D eigenvalue weighted by Crippen LogP contribution is -2.32. The van der Waals surface area contributed by atoms with E-state index in [1.54, 1.807) is 13.2 Å². The van der Waals surface area contributed by atoms with Gasteiger partial charge in [0, 0.05) is 42.2 Å². The molecule has 0 saturated carbocycles. The minimum absolute atomic E-state index is 0.0981. The van der Waals surface area contributed by atoms with Crippen molar-refractivity contribution in [2.24, 2.45) is 4.99 Å². The molecule has 10 heteroatoms. The van der Waals surface area contributed by atoms with Gasteiger partial charge in [-0.1, -0.05) is 54.1 Å². The Labute approximate surface area is 243 Å². The van der Waals surface area contributed by atoms with Crippen molar-refractivity contribution in [3.8, 4) is 11.4 Å². The van der Waals surface area contributed by atoms with Gasteiger partial charge in [-0.25, -0.2) is 0 Å². The molecule has 0 unspecified atom stereocenters. The smallest absolute Gasteiger partial charge is 0.244 e. The number of hydrogen-bond donors (Lipinski definition) is 2. The van der Waals surface area contributed by atoms with Crippen LogP contribution in [-0.4, -0.2) is 52.5 Å². The highest BCUT2D eigenvalue weighted by Crippen LogP contribution is 2.29. The summed E-state index contributed by atoms with van der Waals surface area (Å²) in [5, 5.41) is 14.4. The molecule has 1 aromatic heterocycles. The number of benzene rings is 3. The second-order valence-corrected chi connectivity index (χ2v) is 9.51. The molecule has 0 atom stereocenters. The highest BCUT2D eigenvalue weighted by Gasteiger charge is 2.22. The predicted octanol–water partition coefficient (Wildman–Crippen LogP) is 4.54. The molecule has 2 heterocycles. The number of carbonyl (C=O) groups excluding carboxylic acids is 2. The molecule has 41 heavy (non-hydrogen) atoms. The number of aryl methyl sites for hydroxylation is 1. The van der Waals surface area contributed by atoms with Crippen molar-refractivity contribution >= 4 is 35.2 Å². The van der Waals surface area contributed by atoms with Crippen LogP contribution in [0, 0.1) is 6.92 Å². The minimum Gasteiger partial charge on any atom is -0.497 e. The monoisotopic (exact) mass is 570 g/mol. The normalized spacial score (nSPS) is 11.8. The van der Waals surface area contributed by atoms with Gasteiger partial charge in [0.05, 0.1) is 18.5 Å². The van der Waals surface area contributed by atoms with Crippen LogP contribution in [0.1, 0.15) is 35.3 Å². The molecule has 0 fully saturated rings. The Hall–Kier alpha value is -4.76. The number of carbonyl (C=O) groups is 2. The van der Waals surface area contributed by atoms with Crippen LogP contribution in [0.4, 0.5) is 0 Å². The van der Waals surface area contributed by atoms with E-state index >= 15 is 0 Å². The molecule has 0 saturated heterocycles. The summed E-state index contributed by atoms with van der Waals surface area (Å²) in [6.07, 6.45) is 3.22. The van der Waals surface area contributed by atoms with Crippen LogP contribution in [0.25, 0.3) is 11.8 Å². The summed E-state index contributed by atoms with van der Waals surface area (Å²) in [4.78, 5) is 26.7. The fourth-order valence-electron chi connectivity index (χ4n) is 4.16.